The standard InChI is InChI=1S/C27H33NO4/c1-3-5-16-28(17-6-4-2)18-9-19-31-22-14-12-21(13-15-22)27(30)26-20-24(29)23-10-7-8-11-25(23)32-26/h7-8,10-15,20H,3-6,9,16-19H2,1-2H3. The van der Waals surface area contributed by atoms with Crippen molar-refractivity contribution in [1.29, 1.82) is 0 Å². The first-order valence-electron chi connectivity index (χ1n) is 11.6. The van der Waals surface area contributed by atoms with E-state index in [0.717, 1.165) is 31.8 Å². The molecule has 0 aliphatic carbocycles. The van der Waals surface area contributed by atoms with E-state index in [4.69, 9.17) is 9.15 Å². The lowest BCUT2D eigenvalue weighted by molar-refractivity contribution is 0.101. The summed E-state index contributed by atoms with van der Waals surface area (Å²) < 4.78 is 11.5. The predicted molar refractivity (Wildman–Crippen MR) is 129 cm³/mol. The van der Waals surface area contributed by atoms with E-state index >= 15 is 0 Å². The summed E-state index contributed by atoms with van der Waals surface area (Å²) in [5, 5.41) is 0.468. The van der Waals surface area contributed by atoms with Gasteiger partial charge in [0.2, 0.25) is 5.78 Å². The maximum absolute atomic E-state index is 12.8. The minimum atomic E-state index is -0.318. The lowest BCUT2D eigenvalue weighted by Gasteiger charge is -2.21. The first-order valence-corrected chi connectivity index (χ1v) is 11.6. The molecular formula is C27H33NO4. The molecule has 1 aromatic heterocycles. The molecule has 0 N–H and O–H groups in total. The number of rotatable bonds is 13. The molecule has 0 fully saturated rings. The molecule has 0 amide bonds. The quantitative estimate of drug-likeness (QED) is 0.255. The molecule has 3 rings (SSSR count). The molecule has 0 spiro atoms. The van der Waals surface area contributed by atoms with Crippen LogP contribution < -0.4 is 10.2 Å². The third-order valence-corrected chi connectivity index (χ3v) is 5.52. The van der Waals surface area contributed by atoms with Gasteiger partial charge in [0.1, 0.15) is 11.3 Å². The molecule has 5 heteroatoms. The van der Waals surface area contributed by atoms with Gasteiger partial charge in [0, 0.05) is 18.2 Å². The number of unbranched alkanes of at least 4 members (excludes halogenated alkanes) is 2. The number of ketones is 1. The van der Waals surface area contributed by atoms with Crippen molar-refractivity contribution in [3.63, 3.8) is 0 Å². The monoisotopic (exact) mass is 435 g/mol. The van der Waals surface area contributed by atoms with E-state index < -0.39 is 0 Å². The van der Waals surface area contributed by atoms with Crippen LogP contribution >= 0.6 is 0 Å². The van der Waals surface area contributed by atoms with E-state index in [2.05, 4.69) is 18.7 Å². The van der Waals surface area contributed by atoms with Crippen molar-refractivity contribution in [1.82, 2.24) is 4.90 Å². The molecule has 0 saturated heterocycles. The van der Waals surface area contributed by atoms with Crippen molar-refractivity contribution >= 4 is 16.8 Å². The van der Waals surface area contributed by atoms with Gasteiger partial charge in [-0.05, 0) is 68.8 Å². The Kier molecular flexibility index (Phi) is 9.05. The van der Waals surface area contributed by atoms with Gasteiger partial charge in [-0.3, -0.25) is 9.59 Å². The first kappa shape index (κ1) is 23.7. The SMILES string of the molecule is CCCCN(CCCC)CCCOc1ccc(C(=O)c2cc(=O)c3ccccc3o2)cc1. The molecule has 0 radical (unpaired) electrons. The van der Waals surface area contributed by atoms with Gasteiger partial charge in [0.25, 0.3) is 0 Å². The zero-order valence-corrected chi connectivity index (χ0v) is 19.1. The van der Waals surface area contributed by atoms with E-state index in [1.165, 1.54) is 31.7 Å². The fourth-order valence-electron chi connectivity index (χ4n) is 3.64. The van der Waals surface area contributed by atoms with Crippen LogP contribution in [-0.4, -0.2) is 36.9 Å². The van der Waals surface area contributed by atoms with E-state index in [-0.39, 0.29) is 17.0 Å². The summed E-state index contributed by atoms with van der Waals surface area (Å²) in [5.41, 5.74) is 0.651. The third-order valence-electron chi connectivity index (χ3n) is 5.52. The molecule has 1 heterocycles. The second kappa shape index (κ2) is 12.2. The Labute approximate surface area is 190 Å². The van der Waals surface area contributed by atoms with Crippen LogP contribution in [0, 0.1) is 0 Å². The second-order valence-corrected chi connectivity index (χ2v) is 8.08. The maximum atomic E-state index is 12.8. The van der Waals surface area contributed by atoms with Gasteiger partial charge in [0.05, 0.1) is 12.0 Å². The van der Waals surface area contributed by atoms with Crippen molar-refractivity contribution in [3.8, 4) is 5.75 Å². The van der Waals surface area contributed by atoms with Gasteiger partial charge < -0.3 is 14.1 Å². The van der Waals surface area contributed by atoms with Crippen LogP contribution in [0.5, 0.6) is 5.75 Å². The molecule has 0 bridgehead atoms. The lowest BCUT2D eigenvalue weighted by Crippen LogP contribution is -2.28. The molecule has 3 aromatic rings. The fourth-order valence-corrected chi connectivity index (χ4v) is 3.64. The molecule has 0 unspecified atom stereocenters. The minimum Gasteiger partial charge on any atom is -0.494 e. The van der Waals surface area contributed by atoms with Crippen LogP contribution in [0.2, 0.25) is 0 Å². The van der Waals surface area contributed by atoms with Gasteiger partial charge in [-0.25, -0.2) is 0 Å². The Hall–Kier alpha value is -2.92. The topological polar surface area (TPSA) is 59.8 Å². The second-order valence-electron chi connectivity index (χ2n) is 8.08. The highest BCUT2D eigenvalue weighted by Crippen LogP contribution is 2.18. The normalized spacial score (nSPS) is 11.2. The third kappa shape index (κ3) is 6.54. The maximum Gasteiger partial charge on any atom is 0.228 e. The molecule has 32 heavy (non-hydrogen) atoms. The summed E-state index contributed by atoms with van der Waals surface area (Å²) in [5.74, 6) is 0.457. The van der Waals surface area contributed by atoms with Crippen molar-refractivity contribution in [2.45, 2.75) is 46.0 Å². The average Bonchev–Trinajstić information content (AvgIpc) is 2.83. The number of carbonyl (C=O) groups excluding carboxylic acids is 1. The highest BCUT2D eigenvalue weighted by atomic mass is 16.5. The van der Waals surface area contributed by atoms with Crippen LogP contribution in [0.4, 0.5) is 0 Å². The number of nitrogens with zero attached hydrogens (tertiary/aromatic N) is 1. The summed E-state index contributed by atoms with van der Waals surface area (Å²) in [6, 6.07) is 15.2. The minimum absolute atomic E-state index is 0.0432. The molecule has 2 aromatic carbocycles. The summed E-state index contributed by atoms with van der Waals surface area (Å²) in [6.07, 6.45) is 5.87. The van der Waals surface area contributed by atoms with Crippen molar-refractivity contribution in [2.75, 3.05) is 26.2 Å². The Morgan fingerprint density at radius 1 is 0.906 bits per heavy atom. The van der Waals surface area contributed by atoms with E-state index in [1.807, 2.05) is 0 Å². The van der Waals surface area contributed by atoms with Gasteiger partial charge in [-0.2, -0.15) is 0 Å². The molecule has 170 valence electrons. The predicted octanol–water partition coefficient (Wildman–Crippen LogP) is 5.70. The summed E-state index contributed by atoms with van der Waals surface area (Å²) in [7, 11) is 0. The summed E-state index contributed by atoms with van der Waals surface area (Å²) >= 11 is 0. The van der Waals surface area contributed by atoms with Crippen molar-refractivity contribution < 1.29 is 13.9 Å². The molecule has 5 nitrogen and oxygen atoms in total. The largest absolute Gasteiger partial charge is 0.494 e. The van der Waals surface area contributed by atoms with E-state index in [9.17, 15) is 9.59 Å². The van der Waals surface area contributed by atoms with Crippen LogP contribution in [0.15, 0.2) is 63.8 Å². The number of ether oxygens (including phenoxy) is 1. The van der Waals surface area contributed by atoms with Crippen LogP contribution in [0.3, 0.4) is 0 Å². The molecule has 0 atom stereocenters. The fraction of sp³-hybridized carbons (Fsp3) is 0.407. The van der Waals surface area contributed by atoms with Gasteiger partial charge in [-0.15, -0.1) is 0 Å². The van der Waals surface area contributed by atoms with Crippen LogP contribution in [-0.2, 0) is 0 Å². The Morgan fingerprint density at radius 2 is 1.56 bits per heavy atom. The van der Waals surface area contributed by atoms with E-state index in [1.54, 1.807) is 48.5 Å². The highest BCUT2D eigenvalue weighted by molar-refractivity contribution is 6.07. The molecule has 0 aliphatic heterocycles. The number of hydrogen-bond donors (Lipinski definition) is 0. The van der Waals surface area contributed by atoms with Crippen molar-refractivity contribution in [3.05, 3.63) is 76.1 Å². The summed E-state index contributed by atoms with van der Waals surface area (Å²) in [4.78, 5) is 27.6. The molecule has 0 saturated carbocycles. The number of carbonyl (C=O) groups is 1. The number of hydrogen-bond acceptors (Lipinski definition) is 5. The highest BCUT2D eigenvalue weighted by Gasteiger charge is 2.14. The zero-order chi connectivity index (χ0) is 22.8. The van der Waals surface area contributed by atoms with Gasteiger partial charge in [0.15, 0.2) is 11.2 Å². The Morgan fingerprint density at radius 3 is 2.25 bits per heavy atom. The lowest BCUT2D eigenvalue weighted by atomic mass is 10.1. The van der Waals surface area contributed by atoms with Crippen LogP contribution in [0.25, 0.3) is 11.0 Å². The first-order chi connectivity index (χ1) is 15.6. The van der Waals surface area contributed by atoms with Gasteiger partial charge >= 0.3 is 0 Å². The van der Waals surface area contributed by atoms with Gasteiger partial charge in [-0.1, -0.05) is 38.8 Å². The van der Waals surface area contributed by atoms with E-state index in [0.29, 0.717) is 23.1 Å². The van der Waals surface area contributed by atoms with Crippen LogP contribution in [0.1, 0.15) is 62.1 Å². The molecular weight excluding hydrogens is 402 g/mol. The smallest absolute Gasteiger partial charge is 0.228 e. The number of para-hydroxylation sites is 1. The Bertz CT molecular complexity index is 1050. The molecule has 0 aliphatic rings. The Balaban J connectivity index is 1.54. The zero-order valence-electron chi connectivity index (χ0n) is 19.1. The summed E-state index contributed by atoms with van der Waals surface area (Å²) in [6.45, 7) is 8.43. The van der Waals surface area contributed by atoms with Crippen molar-refractivity contribution in [2.24, 2.45) is 0 Å². The number of benzene rings is 2. The number of fused-ring (bicyclic) bond motifs is 1. The average molecular weight is 436 g/mol.